The second-order valence-corrected chi connectivity index (χ2v) is 10.9. The van der Waals surface area contributed by atoms with Crippen molar-refractivity contribution < 1.29 is 17.9 Å². The lowest BCUT2D eigenvalue weighted by atomic mass is 9.99. The van der Waals surface area contributed by atoms with Gasteiger partial charge in [-0.05, 0) is 60.7 Å². The Labute approximate surface area is 240 Å². The third-order valence-corrected chi connectivity index (χ3v) is 7.55. The molecule has 1 unspecified atom stereocenters. The second kappa shape index (κ2) is 12.2. The predicted molar refractivity (Wildman–Crippen MR) is 158 cm³/mol. The van der Waals surface area contributed by atoms with Gasteiger partial charge in [0.2, 0.25) is 0 Å². The molecule has 2 heterocycles. The number of ether oxygens (including phenoxy) is 1. The number of thioether (sulfide) groups is 1. The highest BCUT2D eigenvalue weighted by Gasteiger charge is 2.31. The summed E-state index contributed by atoms with van der Waals surface area (Å²) < 4.78 is 42.6. The molecule has 7 nitrogen and oxygen atoms in total. The van der Waals surface area contributed by atoms with Gasteiger partial charge >= 0.3 is 6.36 Å². The Kier molecular flexibility index (Phi) is 8.44. The lowest BCUT2D eigenvalue weighted by Gasteiger charge is -2.36. The molecule has 1 aliphatic heterocycles. The molecule has 3 aromatic carbocycles. The Morgan fingerprint density at radius 3 is 2.46 bits per heavy atom. The second-order valence-electron chi connectivity index (χ2n) is 9.87. The van der Waals surface area contributed by atoms with E-state index in [1.54, 1.807) is 18.0 Å². The van der Waals surface area contributed by atoms with E-state index in [0.29, 0.717) is 23.5 Å². The van der Waals surface area contributed by atoms with E-state index >= 15 is 0 Å². The van der Waals surface area contributed by atoms with Crippen LogP contribution in [0, 0.1) is 0 Å². The van der Waals surface area contributed by atoms with Crippen molar-refractivity contribution in [3.05, 3.63) is 90.3 Å². The van der Waals surface area contributed by atoms with Gasteiger partial charge in [-0.25, -0.2) is 9.67 Å². The molecule has 0 aliphatic carbocycles. The average Bonchev–Trinajstić information content (AvgIpc) is 3.43. The Bertz CT molecular complexity index is 1530. The van der Waals surface area contributed by atoms with Crippen molar-refractivity contribution in [3.63, 3.8) is 0 Å². The van der Waals surface area contributed by atoms with Crippen molar-refractivity contribution in [2.45, 2.75) is 45.5 Å². The number of alkyl halides is 3. The molecule has 1 fully saturated rings. The smallest absolute Gasteiger partial charge is 0.406 e. The number of amidine groups is 1. The van der Waals surface area contributed by atoms with Crippen LogP contribution in [0.4, 0.5) is 18.9 Å². The van der Waals surface area contributed by atoms with Gasteiger partial charge in [0.25, 0.3) is 0 Å². The molecule has 1 aromatic heterocycles. The van der Waals surface area contributed by atoms with Crippen molar-refractivity contribution in [2.75, 3.05) is 10.7 Å². The number of para-hydroxylation sites is 1. The van der Waals surface area contributed by atoms with Gasteiger partial charge in [-0.15, -0.1) is 23.4 Å². The van der Waals surface area contributed by atoms with Gasteiger partial charge in [-0.3, -0.25) is 0 Å². The van der Waals surface area contributed by atoms with Crippen LogP contribution in [0.2, 0.25) is 0 Å². The van der Waals surface area contributed by atoms with Crippen LogP contribution in [-0.4, -0.2) is 44.3 Å². The molecule has 11 heteroatoms. The molecule has 5 rings (SSSR count). The summed E-state index contributed by atoms with van der Waals surface area (Å²) in [7, 11) is 0. The fraction of sp³-hybridized carbons (Fsp3) is 0.267. The first-order valence-electron chi connectivity index (χ1n) is 13.2. The van der Waals surface area contributed by atoms with Crippen LogP contribution in [0.25, 0.3) is 17.1 Å². The Morgan fingerprint density at radius 2 is 1.76 bits per heavy atom. The molecule has 0 radical (unpaired) electrons. The molecule has 0 amide bonds. The Hall–Kier alpha value is -4.12. The van der Waals surface area contributed by atoms with Gasteiger partial charge in [-0.2, -0.15) is 5.10 Å². The van der Waals surface area contributed by atoms with Gasteiger partial charge in [0.15, 0.2) is 11.0 Å². The number of aromatic nitrogens is 3. The van der Waals surface area contributed by atoms with Gasteiger partial charge in [-0.1, -0.05) is 68.1 Å². The average molecular weight is 579 g/mol. The van der Waals surface area contributed by atoms with Crippen molar-refractivity contribution in [3.8, 4) is 22.8 Å². The normalized spacial score (nSPS) is 17.1. The number of halogens is 3. The van der Waals surface area contributed by atoms with Crippen LogP contribution in [0.1, 0.15) is 44.2 Å². The zero-order valence-corrected chi connectivity index (χ0v) is 23.6. The maximum Gasteiger partial charge on any atom is 0.573 e. The lowest BCUT2D eigenvalue weighted by Crippen LogP contribution is -2.41. The monoisotopic (exact) mass is 578 g/mol. The fourth-order valence-electron chi connectivity index (χ4n) is 4.50. The van der Waals surface area contributed by atoms with E-state index in [4.69, 9.17) is 0 Å². The van der Waals surface area contributed by atoms with E-state index in [-0.39, 0.29) is 5.75 Å². The molecule has 0 spiro atoms. The first-order valence-corrected chi connectivity index (χ1v) is 14.2. The van der Waals surface area contributed by atoms with Gasteiger partial charge < -0.3 is 9.64 Å². The minimum absolute atomic E-state index is 0.298. The van der Waals surface area contributed by atoms with Crippen molar-refractivity contribution in [1.82, 2.24) is 14.8 Å². The molecular formula is C30H29F3N6OS. The first kappa shape index (κ1) is 28.4. The quantitative estimate of drug-likeness (QED) is 0.166. The molecule has 4 aromatic rings. The topological polar surface area (TPSA) is 67.9 Å². The van der Waals surface area contributed by atoms with E-state index in [1.807, 2.05) is 24.3 Å². The molecule has 1 atom stereocenters. The molecule has 41 heavy (non-hydrogen) atoms. The van der Waals surface area contributed by atoms with Crippen LogP contribution < -0.4 is 9.64 Å². The minimum Gasteiger partial charge on any atom is -0.406 e. The summed E-state index contributed by atoms with van der Waals surface area (Å²) in [6.45, 7) is 6.63. The number of rotatable bonds is 7. The SMILES string of the molecule is CC(C)c1ccccc1N1C(=NN=Cc2ccc(-c3ncn(-c4ccc(OC(F)(F)F)cc4)n3)cc2)SCCC1C. The number of benzene rings is 3. The van der Waals surface area contributed by atoms with Gasteiger partial charge in [0.1, 0.15) is 12.1 Å². The van der Waals surface area contributed by atoms with E-state index in [2.05, 4.69) is 75.0 Å². The van der Waals surface area contributed by atoms with E-state index in [9.17, 15) is 13.2 Å². The summed E-state index contributed by atoms with van der Waals surface area (Å²) in [5.74, 6) is 1.58. The van der Waals surface area contributed by atoms with Crippen molar-refractivity contribution in [1.29, 1.82) is 0 Å². The molecule has 0 saturated carbocycles. The Morgan fingerprint density at radius 1 is 1.02 bits per heavy atom. The third kappa shape index (κ3) is 6.97. The van der Waals surface area contributed by atoms with E-state index in [1.165, 1.54) is 46.5 Å². The largest absolute Gasteiger partial charge is 0.573 e. The van der Waals surface area contributed by atoms with Crippen molar-refractivity contribution >= 4 is 28.8 Å². The van der Waals surface area contributed by atoms with Crippen LogP contribution in [0.3, 0.4) is 0 Å². The zero-order chi connectivity index (χ0) is 29.0. The number of anilines is 1. The molecule has 0 N–H and O–H groups in total. The summed E-state index contributed by atoms with van der Waals surface area (Å²) >= 11 is 1.72. The van der Waals surface area contributed by atoms with E-state index in [0.717, 1.165) is 28.5 Å². The highest BCUT2D eigenvalue weighted by molar-refractivity contribution is 8.14. The lowest BCUT2D eigenvalue weighted by molar-refractivity contribution is -0.274. The minimum atomic E-state index is -4.74. The summed E-state index contributed by atoms with van der Waals surface area (Å²) in [5.41, 5.74) is 4.69. The van der Waals surface area contributed by atoms with Crippen LogP contribution >= 0.6 is 11.8 Å². The first-order chi connectivity index (χ1) is 19.7. The number of hydrogen-bond acceptors (Lipinski definition) is 6. The Balaban J connectivity index is 1.28. The number of nitrogens with zero attached hydrogens (tertiary/aromatic N) is 6. The predicted octanol–water partition coefficient (Wildman–Crippen LogP) is 7.68. The summed E-state index contributed by atoms with van der Waals surface area (Å²) in [6, 6.07) is 21.8. The molecular weight excluding hydrogens is 549 g/mol. The maximum atomic E-state index is 12.4. The highest BCUT2D eigenvalue weighted by atomic mass is 32.2. The summed E-state index contributed by atoms with van der Waals surface area (Å²) in [6.07, 6.45) is -0.436. The third-order valence-electron chi connectivity index (χ3n) is 6.58. The molecule has 0 bridgehead atoms. The van der Waals surface area contributed by atoms with Crippen LogP contribution in [-0.2, 0) is 0 Å². The molecule has 1 aliphatic rings. The fourth-order valence-corrected chi connectivity index (χ4v) is 5.67. The molecule has 1 saturated heterocycles. The van der Waals surface area contributed by atoms with Gasteiger partial charge in [0.05, 0.1) is 11.9 Å². The standard InChI is InChI=1S/C30H29F3N6OS/c1-20(2)26-6-4-5-7-27(26)39-21(3)16-17-41-29(39)36-35-18-22-8-10-23(11-9-22)28-34-19-38(37-28)24-12-14-25(15-13-24)40-30(31,32)33/h4-15,18-21H,16-17H2,1-3H3. The summed E-state index contributed by atoms with van der Waals surface area (Å²) in [4.78, 5) is 6.63. The zero-order valence-electron chi connectivity index (χ0n) is 22.8. The van der Waals surface area contributed by atoms with Crippen molar-refractivity contribution in [2.24, 2.45) is 10.2 Å². The summed E-state index contributed by atoms with van der Waals surface area (Å²) in [5, 5.41) is 14.4. The van der Waals surface area contributed by atoms with Crippen LogP contribution in [0.15, 0.2) is 89.3 Å². The van der Waals surface area contributed by atoms with Crippen LogP contribution in [0.5, 0.6) is 5.75 Å². The van der Waals surface area contributed by atoms with Gasteiger partial charge in [0, 0.05) is 23.0 Å². The molecule has 212 valence electrons. The number of hydrogen-bond donors (Lipinski definition) is 0. The maximum absolute atomic E-state index is 12.4. The highest BCUT2D eigenvalue weighted by Crippen LogP contribution is 2.34. The van der Waals surface area contributed by atoms with E-state index < -0.39 is 6.36 Å².